The second-order valence-electron chi connectivity index (χ2n) is 4.26. The minimum atomic E-state index is -4.82. The van der Waals surface area contributed by atoms with E-state index in [1.165, 1.54) is 12.1 Å². The van der Waals surface area contributed by atoms with Gasteiger partial charge >= 0.3 is 12.4 Å². The molecule has 0 aromatic heterocycles. The Bertz CT molecular complexity index is 674. The first-order valence-corrected chi connectivity index (χ1v) is 5.93. The fraction of sp³-hybridized carbons (Fsp3) is 0.143. The Morgan fingerprint density at radius 2 is 1.32 bits per heavy atom. The topological polar surface area (TPSA) is 24.7 Å². The third kappa shape index (κ3) is 3.84. The van der Waals surface area contributed by atoms with Crippen LogP contribution in [0.15, 0.2) is 58.8 Å². The molecule has 0 fully saturated rings. The molecule has 0 heterocycles. The van der Waals surface area contributed by atoms with Crippen molar-refractivity contribution in [3.05, 3.63) is 59.7 Å². The second kappa shape index (κ2) is 5.78. The lowest BCUT2D eigenvalue weighted by molar-refractivity contribution is -0.140. The Kier molecular flexibility index (Phi) is 4.20. The van der Waals surface area contributed by atoms with Gasteiger partial charge in [-0.1, -0.05) is 18.2 Å². The number of azo groups is 1. The van der Waals surface area contributed by atoms with Crippen LogP contribution in [0.4, 0.5) is 37.7 Å². The molecular weight excluding hydrogens is 310 g/mol. The summed E-state index contributed by atoms with van der Waals surface area (Å²) in [6.07, 6.45) is -9.59. The van der Waals surface area contributed by atoms with E-state index < -0.39 is 29.2 Å². The normalized spacial score (nSPS) is 12.8. The Balaban J connectivity index is 2.48. The summed E-state index contributed by atoms with van der Waals surface area (Å²) in [5, 5.41) is 6.85. The van der Waals surface area contributed by atoms with Crippen LogP contribution in [0, 0.1) is 0 Å². The number of hydrogen-bond acceptors (Lipinski definition) is 2. The highest BCUT2D eigenvalue weighted by Crippen LogP contribution is 2.40. The maximum atomic E-state index is 12.8. The number of benzene rings is 2. The standard InChI is InChI=1S/C14H8F6N2/c15-13(16,17)9-6-7-11(14(18,19)20)12(8-9)22-21-10-4-2-1-3-5-10/h1-8H. The summed E-state index contributed by atoms with van der Waals surface area (Å²) in [4.78, 5) is 0. The van der Waals surface area contributed by atoms with Crippen molar-refractivity contribution in [3.8, 4) is 0 Å². The summed E-state index contributed by atoms with van der Waals surface area (Å²) in [5.41, 5.74) is -3.15. The van der Waals surface area contributed by atoms with Gasteiger partial charge in [-0.05, 0) is 30.3 Å². The molecule has 0 aliphatic heterocycles. The van der Waals surface area contributed by atoms with Gasteiger partial charge in [-0.3, -0.25) is 0 Å². The van der Waals surface area contributed by atoms with Crippen molar-refractivity contribution in [2.45, 2.75) is 12.4 Å². The monoisotopic (exact) mass is 318 g/mol. The van der Waals surface area contributed by atoms with Gasteiger partial charge in [0.2, 0.25) is 0 Å². The lowest BCUT2D eigenvalue weighted by Gasteiger charge is -2.12. The third-order valence-corrected chi connectivity index (χ3v) is 2.66. The molecule has 116 valence electrons. The summed E-state index contributed by atoms with van der Waals surface area (Å²) in [7, 11) is 0. The zero-order valence-electron chi connectivity index (χ0n) is 10.8. The van der Waals surface area contributed by atoms with Crippen LogP contribution in [0.2, 0.25) is 0 Å². The maximum absolute atomic E-state index is 12.8. The van der Waals surface area contributed by atoms with E-state index in [2.05, 4.69) is 10.2 Å². The van der Waals surface area contributed by atoms with Crippen molar-refractivity contribution in [3.63, 3.8) is 0 Å². The molecule has 22 heavy (non-hydrogen) atoms. The highest BCUT2D eigenvalue weighted by atomic mass is 19.4. The van der Waals surface area contributed by atoms with E-state index in [4.69, 9.17) is 0 Å². The predicted molar refractivity (Wildman–Crippen MR) is 67.1 cm³/mol. The van der Waals surface area contributed by atoms with Gasteiger partial charge in [-0.25, -0.2) is 0 Å². The molecular formula is C14H8F6N2. The van der Waals surface area contributed by atoms with E-state index in [0.717, 1.165) is 0 Å². The first-order valence-electron chi connectivity index (χ1n) is 5.93. The molecule has 0 amide bonds. The van der Waals surface area contributed by atoms with Crippen molar-refractivity contribution in [2.75, 3.05) is 0 Å². The van der Waals surface area contributed by atoms with Crippen molar-refractivity contribution in [1.82, 2.24) is 0 Å². The van der Waals surface area contributed by atoms with Gasteiger partial charge in [0.15, 0.2) is 0 Å². The minimum absolute atomic E-state index is 0.230. The summed E-state index contributed by atoms with van der Waals surface area (Å²) in [5.74, 6) is 0. The molecule has 0 N–H and O–H groups in total. The van der Waals surface area contributed by atoms with Crippen LogP contribution in [0.5, 0.6) is 0 Å². The van der Waals surface area contributed by atoms with Crippen molar-refractivity contribution < 1.29 is 26.3 Å². The predicted octanol–water partition coefficient (Wildman–Crippen LogP) is 6.14. The van der Waals surface area contributed by atoms with Crippen molar-refractivity contribution in [1.29, 1.82) is 0 Å². The molecule has 2 aromatic rings. The fourth-order valence-corrected chi connectivity index (χ4v) is 1.64. The number of alkyl halides is 6. The van der Waals surface area contributed by atoms with Gasteiger partial charge in [-0.2, -0.15) is 31.5 Å². The van der Waals surface area contributed by atoms with E-state index in [1.54, 1.807) is 18.2 Å². The van der Waals surface area contributed by atoms with E-state index in [0.29, 0.717) is 18.2 Å². The van der Waals surface area contributed by atoms with Crippen molar-refractivity contribution in [2.24, 2.45) is 10.2 Å². The first-order chi connectivity index (χ1) is 10.2. The summed E-state index contributed by atoms with van der Waals surface area (Å²) < 4.78 is 76.3. The zero-order valence-corrected chi connectivity index (χ0v) is 10.8. The third-order valence-electron chi connectivity index (χ3n) is 2.66. The van der Waals surface area contributed by atoms with Gasteiger partial charge in [0, 0.05) is 0 Å². The van der Waals surface area contributed by atoms with Crippen LogP contribution in [-0.2, 0) is 12.4 Å². The van der Waals surface area contributed by atoms with Crippen LogP contribution in [0.3, 0.4) is 0 Å². The second-order valence-corrected chi connectivity index (χ2v) is 4.26. The lowest BCUT2D eigenvalue weighted by Crippen LogP contribution is -2.09. The van der Waals surface area contributed by atoms with Crippen LogP contribution in [-0.4, -0.2) is 0 Å². The molecule has 0 atom stereocenters. The highest BCUT2D eigenvalue weighted by Gasteiger charge is 2.37. The maximum Gasteiger partial charge on any atom is 0.418 e. The first kappa shape index (κ1) is 16.0. The van der Waals surface area contributed by atoms with Gasteiger partial charge < -0.3 is 0 Å². The Labute approximate surface area is 121 Å². The molecule has 0 unspecified atom stereocenters. The van der Waals surface area contributed by atoms with Gasteiger partial charge in [0.05, 0.1) is 22.5 Å². The Hall–Kier alpha value is -2.38. The fourth-order valence-electron chi connectivity index (χ4n) is 1.64. The van der Waals surface area contributed by atoms with Crippen LogP contribution in [0.25, 0.3) is 0 Å². The molecule has 0 saturated carbocycles. The van der Waals surface area contributed by atoms with Crippen LogP contribution < -0.4 is 0 Å². The van der Waals surface area contributed by atoms with E-state index >= 15 is 0 Å². The quantitative estimate of drug-likeness (QED) is 0.469. The summed E-state index contributed by atoms with van der Waals surface area (Å²) in [6.45, 7) is 0. The highest BCUT2D eigenvalue weighted by molar-refractivity contribution is 5.51. The van der Waals surface area contributed by atoms with E-state index in [1.807, 2.05) is 0 Å². The summed E-state index contributed by atoms with van der Waals surface area (Å²) >= 11 is 0. The van der Waals surface area contributed by atoms with Crippen LogP contribution >= 0.6 is 0 Å². The van der Waals surface area contributed by atoms with E-state index in [-0.39, 0.29) is 5.69 Å². The number of halogens is 6. The van der Waals surface area contributed by atoms with Gasteiger partial charge in [0.1, 0.15) is 0 Å². The molecule has 0 saturated heterocycles. The molecule has 0 aliphatic carbocycles. The average Bonchev–Trinajstić information content (AvgIpc) is 2.44. The zero-order chi connectivity index (χ0) is 16.4. The molecule has 2 aromatic carbocycles. The van der Waals surface area contributed by atoms with Crippen molar-refractivity contribution >= 4 is 11.4 Å². The van der Waals surface area contributed by atoms with Gasteiger partial charge in [-0.15, -0.1) is 5.11 Å². The smallest absolute Gasteiger partial charge is 0.166 e. The van der Waals surface area contributed by atoms with E-state index in [9.17, 15) is 26.3 Å². The SMILES string of the molecule is FC(F)(F)c1ccc(C(F)(F)F)c(N=Nc2ccccc2)c1. The molecule has 2 rings (SSSR count). The Morgan fingerprint density at radius 3 is 1.86 bits per heavy atom. The van der Waals surface area contributed by atoms with Crippen LogP contribution in [0.1, 0.15) is 11.1 Å². The number of hydrogen-bond donors (Lipinski definition) is 0. The molecule has 2 nitrogen and oxygen atoms in total. The largest absolute Gasteiger partial charge is 0.418 e. The lowest BCUT2D eigenvalue weighted by atomic mass is 10.1. The summed E-state index contributed by atoms with van der Waals surface area (Å²) in [6, 6.07) is 8.78. The van der Waals surface area contributed by atoms with Gasteiger partial charge in [0.25, 0.3) is 0 Å². The number of rotatable bonds is 2. The average molecular weight is 318 g/mol. The molecule has 0 bridgehead atoms. The minimum Gasteiger partial charge on any atom is -0.166 e. The Morgan fingerprint density at radius 1 is 0.682 bits per heavy atom. The number of nitrogens with zero attached hydrogens (tertiary/aromatic N) is 2. The molecule has 0 aliphatic rings. The molecule has 0 spiro atoms. The molecule has 8 heteroatoms. The molecule has 0 radical (unpaired) electrons.